The van der Waals surface area contributed by atoms with Crippen LogP contribution in [0.15, 0.2) is 61.3 Å². The molecule has 0 aliphatic carbocycles. The van der Waals surface area contributed by atoms with Crippen molar-refractivity contribution in [2.24, 2.45) is 0 Å². The molecule has 3 saturated heterocycles. The molecule has 0 radical (unpaired) electrons. The van der Waals surface area contributed by atoms with Gasteiger partial charge in [-0.15, -0.1) is 10.2 Å². The van der Waals surface area contributed by atoms with Crippen LogP contribution in [-0.2, 0) is 5.41 Å². The van der Waals surface area contributed by atoms with Crippen LogP contribution in [0.2, 0.25) is 5.02 Å². The van der Waals surface area contributed by atoms with Crippen molar-refractivity contribution in [3.8, 4) is 0 Å². The first-order valence-electron chi connectivity index (χ1n) is 15.6. The molecule has 45 heavy (non-hydrogen) atoms. The predicted octanol–water partition coefficient (Wildman–Crippen LogP) is 3.53. The van der Waals surface area contributed by atoms with Crippen LogP contribution in [0.1, 0.15) is 48.7 Å². The normalized spacial score (nSPS) is 21.1. The van der Waals surface area contributed by atoms with E-state index in [9.17, 15) is 9.59 Å². The highest BCUT2D eigenvalue weighted by Crippen LogP contribution is 2.40. The Kier molecular flexibility index (Phi) is 7.68. The predicted molar refractivity (Wildman–Crippen MR) is 172 cm³/mol. The van der Waals surface area contributed by atoms with E-state index in [-0.39, 0.29) is 28.6 Å². The highest BCUT2D eigenvalue weighted by atomic mass is 35.5. The van der Waals surface area contributed by atoms with Crippen LogP contribution in [0.3, 0.4) is 0 Å². The van der Waals surface area contributed by atoms with Gasteiger partial charge in [0.1, 0.15) is 12.0 Å². The Balaban J connectivity index is 0.915. The number of halogens is 1. The molecule has 13 heteroatoms. The molecular weight excluding hydrogens is 592 g/mol. The lowest BCUT2D eigenvalue weighted by atomic mass is 9.77. The molecule has 1 atom stereocenters. The molecular formula is C32H37ClN10O2. The summed E-state index contributed by atoms with van der Waals surface area (Å²) in [4.78, 5) is 41.1. The summed E-state index contributed by atoms with van der Waals surface area (Å²) >= 11 is 6.59. The zero-order valence-electron chi connectivity index (χ0n) is 25.3. The third kappa shape index (κ3) is 5.52. The first-order chi connectivity index (χ1) is 21.9. The van der Waals surface area contributed by atoms with E-state index < -0.39 is 0 Å². The number of hydrogen-bond donors (Lipinski definition) is 2. The van der Waals surface area contributed by atoms with Gasteiger partial charge in [0, 0.05) is 63.6 Å². The maximum absolute atomic E-state index is 13.0. The van der Waals surface area contributed by atoms with Crippen LogP contribution in [0.5, 0.6) is 0 Å². The lowest BCUT2D eigenvalue weighted by Crippen LogP contribution is -2.52. The van der Waals surface area contributed by atoms with E-state index >= 15 is 0 Å². The zero-order chi connectivity index (χ0) is 31.0. The minimum absolute atomic E-state index is 0.0884. The molecule has 0 bridgehead atoms. The lowest BCUT2D eigenvalue weighted by molar-refractivity contribution is 0.0945. The lowest BCUT2D eigenvalue weighted by Gasteiger charge is -2.39. The Bertz CT molecular complexity index is 1710. The first-order valence-corrected chi connectivity index (χ1v) is 16.0. The van der Waals surface area contributed by atoms with Gasteiger partial charge in [-0.1, -0.05) is 48.9 Å². The molecule has 6 heterocycles. The molecule has 12 nitrogen and oxygen atoms in total. The number of hydrogen-bond acceptors (Lipinski definition) is 8. The van der Waals surface area contributed by atoms with E-state index in [4.69, 9.17) is 11.6 Å². The Morgan fingerprint density at radius 1 is 1.07 bits per heavy atom. The fraction of sp³-hybridized carbons (Fsp3) is 0.438. The first kappa shape index (κ1) is 29.3. The maximum atomic E-state index is 13.0. The van der Waals surface area contributed by atoms with Crippen molar-refractivity contribution in [2.45, 2.75) is 43.6 Å². The second-order valence-electron chi connectivity index (χ2n) is 12.4. The van der Waals surface area contributed by atoms with Gasteiger partial charge in [-0.3, -0.25) is 9.20 Å². The number of aromatic nitrogens is 5. The van der Waals surface area contributed by atoms with E-state index in [1.807, 2.05) is 16.7 Å². The maximum Gasteiger partial charge on any atom is 0.318 e. The van der Waals surface area contributed by atoms with Crippen LogP contribution >= 0.6 is 11.6 Å². The van der Waals surface area contributed by atoms with Crippen molar-refractivity contribution in [2.75, 3.05) is 55.6 Å². The summed E-state index contributed by atoms with van der Waals surface area (Å²) in [5, 5.41) is 14.6. The van der Waals surface area contributed by atoms with E-state index in [2.05, 4.69) is 77.9 Å². The van der Waals surface area contributed by atoms with Gasteiger partial charge in [0.15, 0.2) is 5.82 Å². The van der Waals surface area contributed by atoms with E-state index in [0.717, 1.165) is 69.0 Å². The molecule has 3 aromatic heterocycles. The standard InChI is InChI=1S/C32H37ClN10O2/c1-2-31(23-6-4-3-5-7-23)8-13-41(20-31)24-18-25(33)26(36-19-24)29(44)35-12-16-42-21-32(38-30(42)45)9-14-40(15-10-32)27-28-39-37-22-43(28)17-11-34-27/h3-7,11,17-19,22H,2,8-10,12-16,20-21H2,1H3,(H,35,44)(H,38,45)/t31-/m0/s1. The van der Waals surface area contributed by atoms with Gasteiger partial charge >= 0.3 is 6.03 Å². The molecule has 2 N–H and O–H groups in total. The monoisotopic (exact) mass is 628 g/mol. The fourth-order valence-corrected chi connectivity index (χ4v) is 7.38. The number of amides is 3. The number of nitrogens with one attached hydrogen (secondary N) is 2. The third-order valence-corrected chi connectivity index (χ3v) is 10.1. The van der Waals surface area contributed by atoms with Crippen molar-refractivity contribution in [3.63, 3.8) is 0 Å². The summed E-state index contributed by atoms with van der Waals surface area (Å²) in [5.41, 5.74) is 2.97. The largest absolute Gasteiger partial charge is 0.369 e. The van der Waals surface area contributed by atoms with Gasteiger partial charge in [0.2, 0.25) is 5.65 Å². The zero-order valence-corrected chi connectivity index (χ0v) is 26.1. The van der Waals surface area contributed by atoms with Crippen molar-refractivity contribution in [1.29, 1.82) is 0 Å². The number of anilines is 2. The number of benzene rings is 1. The number of rotatable bonds is 8. The van der Waals surface area contributed by atoms with Crippen LogP contribution in [0.25, 0.3) is 5.65 Å². The Morgan fingerprint density at radius 2 is 1.87 bits per heavy atom. The molecule has 3 aliphatic rings. The summed E-state index contributed by atoms with van der Waals surface area (Å²) in [6.45, 7) is 6.79. The van der Waals surface area contributed by atoms with E-state index in [1.54, 1.807) is 23.6 Å². The Hall–Kier alpha value is -4.45. The highest BCUT2D eigenvalue weighted by Gasteiger charge is 2.44. The molecule has 1 aromatic carbocycles. The average molecular weight is 629 g/mol. The number of carbonyl (C=O) groups excluding carboxylic acids is 2. The van der Waals surface area contributed by atoms with Crippen molar-refractivity contribution < 1.29 is 9.59 Å². The molecule has 0 saturated carbocycles. The SMILES string of the molecule is CC[C@]1(c2ccccc2)CCN(c2cnc(C(=O)NCCN3CC4(CCN(c5nccn6cnnc56)CC4)NC3=O)c(Cl)c2)C1. The third-order valence-electron chi connectivity index (χ3n) is 9.86. The van der Waals surface area contributed by atoms with Crippen LogP contribution in [0, 0.1) is 0 Å². The van der Waals surface area contributed by atoms with Gasteiger partial charge in [-0.25, -0.2) is 14.8 Å². The van der Waals surface area contributed by atoms with Gasteiger partial charge in [0.25, 0.3) is 5.91 Å². The summed E-state index contributed by atoms with van der Waals surface area (Å²) in [6.07, 6.45) is 10.6. The van der Waals surface area contributed by atoms with Gasteiger partial charge in [0.05, 0.1) is 22.4 Å². The van der Waals surface area contributed by atoms with Gasteiger partial charge < -0.3 is 25.3 Å². The Morgan fingerprint density at radius 3 is 2.64 bits per heavy atom. The van der Waals surface area contributed by atoms with Crippen molar-refractivity contribution in [3.05, 3.63) is 77.6 Å². The summed E-state index contributed by atoms with van der Waals surface area (Å²) < 4.78 is 1.85. The number of fused-ring (bicyclic) bond motifs is 1. The second-order valence-corrected chi connectivity index (χ2v) is 12.8. The van der Waals surface area contributed by atoms with Crippen molar-refractivity contribution >= 4 is 40.7 Å². The molecule has 0 unspecified atom stereocenters. The minimum atomic E-state index is -0.349. The summed E-state index contributed by atoms with van der Waals surface area (Å²) in [5.74, 6) is 0.452. The number of urea groups is 1. The number of nitrogens with zero attached hydrogens (tertiary/aromatic N) is 8. The van der Waals surface area contributed by atoms with Gasteiger partial charge in [-0.05, 0) is 37.3 Å². The van der Waals surface area contributed by atoms with Gasteiger partial charge in [-0.2, -0.15) is 0 Å². The number of pyridine rings is 1. The summed E-state index contributed by atoms with van der Waals surface area (Å²) in [7, 11) is 0. The van der Waals surface area contributed by atoms with Crippen LogP contribution in [0.4, 0.5) is 16.3 Å². The number of carbonyl (C=O) groups is 2. The van der Waals surface area contributed by atoms with Crippen molar-refractivity contribution in [1.82, 2.24) is 40.1 Å². The van der Waals surface area contributed by atoms with Crippen LogP contribution in [-0.4, -0.2) is 92.8 Å². The molecule has 4 aromatic rings. The fourth-order valence-electron chi connectivity index (χ4n) is 7.13. The summed E-state index contributed by atoms with van der Waals surface area (Å²) in [6, 6.07) is 12.4. The molecule has 1 spiro atoms. The molecule has 3 aliphatic heterocycles. The smallest absolute Gasteiger partial charge is 0.318 e. The molecule has 3 amide bonds. The van der Waals surface area contributed by atoms with E-state index in [1.165, 1.54) is 5.56 Å². The molecule has 234 valence electrons. The minimum Gasteiger partial charge on any atom is -0.369 e. The quantitative estimate of drug-likeness (QED) is 0.304. The van der Waals surface area contributed by atoms with E-state index in [0.29, 0.717) is 24.7 Å². The second kappa shape index (κ2) is 11.8. The van der Waals surface area contributed by atoms with Crippen LogP contribution < -0.4 is 20.4 Å². The highest BCUT2D eigenvalue weighted by molar-refractivity contribution is 6.33. The Labute approximate surface area is 266 Å². The average Bonchev–Trinajstić information content (AvgIpc) is 3.80. The topological polar surface area (TPSA) is 124 Å². The molecule has 3 fully saturated rings. The molecule has 7 rings (SSSR count). The number of piperidine rings is 1.